The second-order valence-corrected chi connectivity index (χ2v) is 7.50. The third kappa shape index (κ3) is 3.67. The first-order valence-electron chi connectivity index (χ1n) is 10.4. The molecule has 1 aliphatic carbocycles. The normalized spacial score (nSPS) is 12.6. The van der Waals surface area contributed by atoms with Crippen LogP contribution in [0.4, 0.5) is 0 Å². The molecular formula is C28H21NO3. The van der Waals surface area contributed by atoms with Gasteiger partial charge in [0.2, 0.25) is 0 Å². The van der Waals surface area contributed by atoms with Crippen molar-refractivity contribution in [1.82, 2.24) is 4.98 Å². The minimum absolute atomic E-state index is 0.0198. The molecule has 156 valence electrons. The van der Waals surface area contributed by atoms with Gasteiger partial charge in [0, 0.05) is 23.9 Å². The number of ether oxygens (including phenoxy) is 2. The van der Waals surface area contributed by atoms with Gasteiger partial charge in [0.15, 0.2) is 5.78 Å². The van der Waals surface area contributed by atoms with E-state index in [2.05, 4.69) is 4.98 Å². The fourth-order valence-corrected chi connectivity index (χ4v) is 4.04. The van der Waals surface area contributed by atoms with Crippen molar-refractivity contribution in [3.05, 3.63) is 125 Å². The Balaban J connectivity index is 1.60. The minimum atomic E-state index is -0.0198. The number of aromatic nitrogens is 1. The summed E-state index contributed by atoms with van der Waals surface area (Å²) in [7, 11) is 1.62. The lowest BCUT2D eigenvalue weighted by Crippen LogP contribution is -2.05. The second-order valence-electron chi connectivity index (χ2n) is 7.50. The maximum absolute atomic E-state index is 13.7. The molecule has 0 saturated heterocycles. The lowest BCUT2D eigenvalue weighted by Gasteiger charge is -2.11. The summed E-state index contributed by atoms with van der Waals surface area (Å²) in [5, 5.41) is 0. The van der Waals surface area contributed by atoms with Crippen LogP contribution in [0.3, 0.4) is 0 Å². The number of rotatable bonds is 6. The molecule has 4 aromatic rings. The van der Waals surface area contributed by atoms with E-state index in [1.807, 2.05) is 91.0 Å². The van der Waals surface area contributed by atoms with Crippen LogP contribution in [0.25, 0.3) is 5.57 Å². The van der Waals surface area contributed by atoms with Crippen molar-refractivity contribution < 1.29 is 14.3 Å². The van der Waals surface area contributed by atoms with Gasteiger partial charge in [-0.2, -0.15) is 0 Å². The smallest absolute Gasteiger partial charge is 0.194 e. The Morgan fingerprint density at radius 3 is 2.25 bits per heavy atom. The Morgan fingerprint density at radius 1 is 0.781 bits per heavy atom. The maximum atomic E-state index is 13.7. The zero-order valence-electron chi connectivity index (χ0n) is 17.6. The van der Waals surface area contributed by atoms with Crippen LogP contribution in [-0.2, 0) is 6.42 Å². The van der Waals surface area contributed by atoms with Gasteiger partial charge in [0.05, 0.1) is 12.7 Å². The molecule has 0 aliphatic heterocycles. The van der Waals surface area contributed by atoms with Crippen LogP contribution in [-0.4, -0.2) is 17.9 Å². The maximum Gasteiger partial charge on any atom is 0.194 e. The molecule has 1 heterocycles. The quantitative estimate of drug-likeness (QED) is 0.378. The van der Waals surface area contributed by atoms with Gasteiger partial charge in [0.1, 0.15) is 17.2 Å². The molecule has 0 N–H and O–H groups in total. The molecule has 4 heteroatoms. The molecule has 0 bridgehead atoms. The summed E-state index contributed by atoms with van der Waals surface area (Å²) in [4.78, 5) is 18.2. The van der Waals surface area contributed by atoms with E-state index in [1.165, 1.54) is 0 Å². The second kappa shape index (κ2) is 8.52. The molecule has 4 nitrogen and oxygen atoms in total. The molecule has 32 heavy (non-hydrogen) atoms. The van der Waals surface area contributed by atoms with E-state index in [4.69, 9.17) is 9.47 Å². The van der Waals surface area contributed by atoms with E-state index in [9.17, 15) is 4.79 Å². The van der Waals surface area contributed by atoms with Gasteiger partial charge in [-0.15, -0.1) is 0 Å². The topological polar surface area (TPSA) is 48.4 Å². The van der Waals surface area contributed by atoms with Crippen molar-refractivity contribution in [2.24, 2.45) is 0 Å². The van der Waals surface area contributed by atoms with Crippen LogP contribution < -0.4 is 9.47 Å². The van der Waals surface area contributed by atoms with Crippen molar-refractivity contribution in [2.75, 3.05) is 7.11 Å². The van der Waals surface area contributed by atoms with Crippen LogP contribution in [0.15, 0.2) is 103 Å². The summed E-state index contributed by atoms with van der Waals surface area (Å²) in [5.74, 6) is 1.92. The molecular weight excluding hydrogens is 398 g/mol. The van der Waals surface area contributed by atoms with E-state index in [1.54, 1.807) is 13.3 Å². The van der Waals surface area contributed by atoms with Crippen LogP contribution in [0.1, 0.15) is 27.2 Å². The summed E-state index contributed by atoms with van der Waals surface area (Å²) < 4.78 is 11.4. The van der Waals surface area contributed by atoms with Crippen molar-refractivity contribution >= 4 is 11.4 Å². The molecule has 0 atom stereocenters. The number of fused-ring (bicyclic) bond motifs is 1. The Kier molecular flexibility index (Phi) is 5.26. The number of hydrogen-bond acceptors (Lipinski definition) is 4. The van der Waals surface area contributed by atoms with Crippen molar-refractivity contribution in [3.8, 4) is 17.2 Å². The number of methoxy groups -OCH3 is 1. The zero-order valence-corrected chi connectivity index (χ0v) is 17.6. The number of pyridine rings is 1. The summed E-state index contributed by atoms with van der Waals surface area (Å²) >= 11 is 0. The van der Waals surface area contributed by atoms with E-state index in [0.29, 0.717) is 23.5 Å². The Hall–Kier alpha value is -4.18. The van der Waals surface area contributed by atoms with Gasteiger partial charge in [0.25, 0.3) is 0 Å². The lowest BCUT2D eigenvalue weighted by molar-refractivity contribution is 0.103. The standard InChI is InChI=1S/C28H21NO3/c1-31-21-13-15-22(16-14-21)32-25-12-7-11-23-26(19-8-3-2-4-9-19)24(28(30)27(23)25)18-20-10-5-6-17-29-20/h2-17H,18H2,1H3. The molecule has 1 aromatic heterocycles. The van der Waals surface area contributed by atoms with Gasteiger partial charge >= 0.3 is 0 Å². The molecule has 0 amide bonds. The molecule has 0 saturated carbocycles. The number of ketones is 1. The highest BCUT2D eigenvalue weighted by Crippen LogP contribution is 2.43. The number of benzene rings is 3. The molecule has 0 unspecified atom stereocenters. The number of Topliss-reactive ketones (excluding diaryl/α,β-unsaturated/α-hetero) is 1. The molecule has 0 radical (unpaired) electrons. The molecule has 1 aliphatic rings. The van der Waals surface area contributed by atoms with Gasteiger partial charge in [-0.05, 0) is 59.2 Å². The van der Waals surface area contributed by atoms with Crippen molar-refractivity contribution in [3.63, 3.8) is 0 Å². The molecule has 5 rings (SSSR count). The number of hydrogen-bond donors (Lipinski definition) is 0. The van der Waals surface area contributed by atoms with Crippen LogP contribution in [0, 0.1) is 0 Å². The SMILES string of the molecule is COc1ccc(Oc2cccc3c2C(=O)C(Cc2ccccn2)=C3c2ccccc2)cc1. The van der Waals surface area contributed by atoms with Crippen LogP contribution in [0.5, 0.6) is 17.2 Å². The predicted molar refractivity (Wildman–Crippen MR) is 124 cm³/mol. The van der Waals surface area contributed by atoms with Crippen molar-refractivity contribution in [2.45, 2.75) is 6.42 Å². The Morgan fingerprint density at radius 2 is 1.53 bits per heavy atom. The average molecular weight is 419 g/mol. The van der Waals surface area contributed by atoms with Gasteiger partial charge in [-0.25, -0.2) is 0 Å². The van der Waals surface area contributed by atoms with Gasteiger partial charge in [-0.1, -0.05) is 48.5 Å². The number of carbonyl (C=O) groups is 1. The van der Waals surface area contributed by atoms with Crippen LogP contribution in [0.2, 0.25) is 0 Å². The highest BCUT2D eigenvalue weighted by atomic mass is 16.5. The fourth-order valence-electron chi connectivity index (χ4n) is 4.04. The first kappa shape index (κ1) is 19.8. The monoisotopic (exact) mass is 419 g/mol. The molecule has 0 fully saturated rings. The summed E-state index contributed by atoms with van der Waals surface area (Å²) in [6.07, 6.45) is 2.21. The summed E-state index contributed by atoms with van der Waals surface area (Å²) in [6.45, 7) is 0. The third-order valence-electron chi connectivity index (χ3n) is 5.53. The van der Waals surface area contributed by atoms with Gasteiger partial charge in [-0.3, -0.25) is 9.78 Å². The third-order valence-corrected chi connectivity index (χ3v) is 5.53. The van der Waals surface area contributed by atoms with E-state index in [-0.39, 0.29) is 5.78 Å². The largest absolute Gasteiger partial charge is 0.497 e. The fraction of sp³-hybridized carbons (Fsp3) is 0.0714. The minimum Gasteiger partial charge on any atom is -0.497 e. The van der Waals surface area contributed by atoms with E-state index in [0.717, 1.165) is 33.7 Å². The molecule has 3 aromatic carbocycles. The average Bonchev–Trinajstić information content (AvgIpc) is 3.13. The highest BCUT2D eigenvalue weighted by Gasteiger charge is 2.33. The van der Waals surface area contributed by atoms with E-state index >= 15 is 0 Å². The predicted octanol–water partition coefficient (Wildman–Crippen LogP) is 6.12. The number of nitrogens with zero attached hydrogens (tertiary/aromatic N) is 1. The van der Waals surface area contributed by atoms with Crippen molar-refractivity contribution in [1.29, 1.82) is 0 Å². The number of allylic oxidation sites excluding steroid dienone is 1. The first-order valence-corrected chi connectivity index (χ1v) is 10.4. The Bertz CT molecular complexity index is 1290. The first-order chi connectivity index (χ1) is 15.7. The Labute approximate surface area is 186 Å². The summed E-state index contributed by atoms with van der Waals surface area (Å²) in [5.41, 5.74) is 5.01. The zero-order chi connectivity index (χ0) is 21.9. The van der Waals surface area contributed by atoms with Gasteiger partial charge < -0.3 is 9.47 Å². The number of carbonyl (C=O) groups excluding carboxylic acids is 1. The molecule has 0 spiro atoms. The van der Waals surface area contributed by atoms with E-state index < -0.39 is 0 Å². The highest BCUT2D eigenvalue weighted by molar-refractivity contribution is 6.24. The summed E-state index contributed by atoms with van der Waals surface area (Å²) in [6, 6.07) is 28.9. The lowest BCUT2D eigenvalue weighted by atomic mass is 9.96. The van der Waals surface area contributed by atoms with Crippen LogP contribution >= 0.6 is 0 Å².